The standard InChI is InChI=1S/C24H27F4N5O6S.H2S/c1-12-8-15(4-5-16(12)25)30-21(34)19-20-18(10-32(19)3)40(37,38)31-17-9-33(7-6-14(17)11-39-20)23(36)22(35)29-13(2)24(26,27)28;/h4-5,8,10,13-14,17,31H,6-7,9,11H2,1-3H3,(H,29,35)(H,30,34);1H2/t13-,14?,17?;/m0./s1. The number of fused-ring (bicyclic) bond motifs is 2. The van der Waals surface area contributed by atoms with Crippen LogP contribution >= 0.6 is 13.5 Å². The molecule has 11 nitrogen and oxygen atoms in total. The van der Waals surface area contributed by atoms with Crippen LogP contribution in [0.3, 0.4) is 0 Å². The van der Waals surface area contributed by atoms with E-state index in [0.29, 0.717) is 12.5 Å². The van der Waals surface area contributed by atoms with Crippen molar-refractivity contribution in [3.63, 3.8) is 0 Å². The molecule has 17 heteroatoms. The van der Waals surface area contributed by atoms with Crippen LogP contribution in [0.2, 0.25) is 0 Å². The predicted molar refractivity (Wildman–Crippen MR) is 143 cm³/mol. The molecule has 2 unspecified atom stereocenters. The normalized spacial score (nSPS) is 20.6. The molecule has 3 amide bonds. The van der Waals surface area contributed by atoms with Gasteiger partial charge in [-0.3, -0.25) is 14.4 Å². The molecule has 0 aliphatic carbocycles. The van der Waals surface area contributed by atoms with Crippen molar-refractivity contribution < 1.29 is 45.1 Å². The summed E-state index contributed by atoms with van der Waals surface area (Å²) in [6.45, 7) is 1.86. The largest absolute Gasteiger partial charge is 0.489 e. The number of benzene rings is 1. The van der Waals surface area contributed by atoms with E-state index in [9.17, 15) is 40.4 Å². The molecule has 3 N–H and O–H groups in total. The maximum absolute atomic E-state index is 13.6. The molecular weight excluding hydrogens is 594 g/mol. The van der Waals surface area contributed by atoms with Gasteiger partial charge in [0.25, 0.3) is 5.91 Å². The van der Waals surface area contributed by atoms with E-state index in [4.69, 9.17) is 4.74 Å². The number of amides is 3. The minimum atomic E-state index is -4.74. The zero-order chi connectivity index (χ0) is 29.6. The van der Waals surface area contributed by atoms with Crippen LogP contribution in [0.1, 0.15) is 29.4 Å². The molecule has 1 aromatic heterocycles. The molecule has 1 fully saturated rings. The Kier molecular flexibility index (Phi) is 9.34. The quantitative estimate of drug-likeness (QED) is 0.352. The lowest BCUT2D eigenvalue weighted by Crippen LogP contribution is -2.58. The van der Waals surface area contributed by atoms with Gasteiger partial charge in [0.1, 0.15) is 16.8 Å². The summed E-state index contributed by atoms with van der Waals surface area (Å²) in [7, 11) is -2.87. The van der Waals surface area contributed by atoms with Crippen molar-refractivity contribution in [1.82, 2.24) is 19.5 Å². The van der Waals surface area contributed by atoms with Gasteiger partial charge in [-0.25, -0.2) is 17.5 Å². The fraction of sp³-hybridized carbons (Fsp3) is 0.458. The highest BCUT2D eigenvalue weighted by atomic mass is 32.2. The van der Waals surface area contributed by atoms with E-state index < -0.39 is 57.7 Å². The fourth-order valence-electron chi connectivity index (χ4n) is 4.54. The second kappa shape index (κ2) is 11.9. The molecule has 4 rings (SSSR count). The van der Waals surface area contributed by atoms with Crippen molar-refractivity contribution in [2.75, 3.05) is 25.0 Å². The molecule has 2 aromatic rings. The first kappa shape index (κ1) is 32.2. The minimum absolute atomic E-state index is 0. The molecule has 3 heterocycles. The second-order valence-corrected chi connectivity index (χ2v) is 11.5. The number of nitrogens with zero attached hydrogens (tertiary/aromatic N) is 2. The summed E-state index contributed by atoms with van der Waals surface area (Å²) >= 11 is 0. The molecule has 226 valence electrons. The van der Waals surface area contributed by atoms with Crippen molar-refractivity contribution >= 4 is 46.9 Å². The molecule has 0 bridgehead atoms. The van der Waals surface area contributed by atoms with Crippen molar-refractivity contribution in [2.45, 2.75) is 43.4 Å². The molecule has 3 atom stereocenters. The van der Waals surface area contributed by atoms with Gasteiger partial charge in [0.15, 0.2) is 11.4 Å². The summed E-state index contributed by atoms with van der Waals surface area (Å²) in [6, 6.07) is 0.801. The summed E-state index contributed by atoms with van der Waals surface area (Å²) in [4.78, 5) is 38.4. The number of anilines is 1. The first-order chi connectivity index (χ1) is 18.6. The van der Waals surface area contributed by atoms with E-state index in [1.54, 1.807) is 5.32 Å². The molecule has 0 saturated carbocycles. The Labute approximate surface area is 240 Å². The average Bonchev–Trinajstić information content (AvgIpc) is 3.20. The smallest absolute Gasteiger partial charge is 0.408 e. The number of nitrogens with one attached hydrogen (secondary N) is 3. The molecule has 41 heavy (non-hydrogen) atoms. The highest BCUT2D eigenvalue weighted by molar-refractivity contribution is 7.89. The van der Waals surface area contributed by atoms with E-state index in [-0.39, 0.29) is 61.6 Å². The van der Waals surface area contributed by atoms with Gasteiger partial charge in [-0.2, -0.15) is 26.7 Å². The van der Waals surface area contributed by atoms with Gasteiger partial charge in [-0.05, 0) is 44.0 Å². The number of aromatic nitrogens is 1. The van der Waals surface area contributed by atoms with Crippen LogP contribution in [0.5, 0.6) is 5.75 Å². The van der Waals surface area contributed by atoms with Crippen molar-refractivity contribution in [2.24, 2.45) is 13.0 Å². The van der Waals surface area contributed by atoms with Gasteiger partial charge < -0.3 is 24.8 Å². The van der Waals surface area contributed by atoms with E-state index in [1.165, 1.54) is 42.9 Å². The number of piperidine rings is 1. The summed E-state index contributed by atoms with van der Waals surface area (Å²) in [5.74, 6) is -4.50. The van der Waals surface area contributed by atoms with Crippen LogP contribution in [0, 0.1) is 18.7 Å². The highest BCUT2D eigenvalue weighted by Gasteiger charge is 2.42. The topological polar surface area (TPSA) is 139 Å². The molecular formula is C24H29F4N5O6S2. The number of halogens is 4. The SMILES string of the molecule is Cc1cc(NC(=O)c2c3c(cn2C)S(=O)(=O)NC2CN(C(=O)C(=O)N[C@@H](C)C(F)(F)F)CCC2CO3)ccc1F.S. The number of rotatable bonds is 3. The van der Waals surface area contributed by atoms with Crippen LogP contribution in [0.15, 0.2) is 29.3 Å². The zero-order valence-corrected chi connectivity index (χ0v) is 24.0. The number of alkyl halides is 3. The number of hydrogen-bond donors (Lipinski definition) is 3. The Hall–Kier alpha value is -3.31. The Morgan fingerprint density at radius 3 is 2.54 bits per heavy atom. The number of carbonyl (C=O) groups is 3. The summed E-state index contributed by atoms with van der Waals surface area (Å²) < 4.78 is 88.2. The number of ether oxygens (including phenoxy) is 1. The van der Waals surface area contributed by atoms with E-state index in [2.05, 4.69) is 10.0 Å². The number of hydrogen-bond acceptors (Lipinski definition) is 6. The molecule has 1 saturated heterocycles. The van der Waals surface area contributed by atoms with Crippen molar-refractivity contribution in [3.8, 4) is 5.75 Å². The van der Waals surface area contributed by atoms with Gasteiger partial charge in [0, 0.05) is 44.0 Å². The Morgan fingerprint density at radius 2 is 1.90 bits per heavy atom. The van der Waals surface area contributed by atoms with Crippen LogP contribution in [0.4, 0.5) is 23.2 Å². The third-order valence-corrected chi connectivity index (χ3v) is 8.33. The lowest BCUT2D eigenvalue weighted by Gasteiger charge is -2.39. The van der Waals surface area contributed by atoms with Gasteiger partial charge in [-0.15, -0.1) is 0 Å². The predicted octanol–water partition coefficient (Wildman–Crippen LogP) is 1.79. The Bertz CT molecular complexity index is 1460. The third-order valence-electron chi connectivity index (χ3n) is 6.85. The van der Waals surface area contributed by atoms with E-state index in [0.717, 1.165) is 4.90 Å². The fourth-order valence-corrected chi connectivity index (χ4v) is 6.03. The van der Waals surface area contributed by atoms with Gasteiger partial charge in [0.05, 0.1) is 6.61 Å². The number of sulfonamides is 1. The summed E-state index contributed by atoms with van der Waals surface area (Å²) in [6.07, 6.45) is -3.39. The van der Waals surface area contributed by atoms with Crippen LogP contribution in [-0.2, 0) is 26.7 Å². The maximum atomic E-state index is 13.6. The lowest BCUT2D eigenvalue weighted by molar-refractivity contribution is -0.162. The number of aryl methyl sites for hydroxylation is 2. The van der Waals surface area contributed by atoms with Gasteiger partial charge in [0.2, 0.25) is 10.0 Å². The molecule has 0 radical (unpaired) electrons. The summed E-state index contributed by atoms with van der Waals surface area (Å²) in [5.41, 5.74) is 0.492. The maximum Gasteiger partial charge on any atom is 0.408 e. The van der Waals surface area contributed by atoms with Crippen LogP contribution < -0.4 is 20.1 Å². The Balaban J connectivity index is 0.00000462. The number of likely N-dealkylation sites (tertiary alicyclic amines) is 1. The summed E-state index contributed by atoms with van der Waals surface area (Å²) in [5, 5.41) is 4.21. The van der Waals surface area contributed by atoms with E-state index >= 15 is 0 Å². The van der Waals surface area contributed by atoms with Gasteiger partial charge >= 0.3 is 18.0 Å². The average molecular weight is 624 g/mol. The Morgan fingerprint density at radius 1 is 1.22 bits per heavy atom. The molecule has 2 aliphatic rings. The zero-order valence-electron chi connectivity index (χ0n) is 22.1. The lowest BCUT2D eigenvalue weighted by atomic mass is 9.93. The van der Waals surface area contributed by atoms with Crippen molar-refractivity contribution in [1.29, 1.82) is 0 Å². The first-order valence-electron chi connectivity index (χ1n) is 12.2. The monoisotopic (exact) mass is 623 g/mol. The second-order valence-electron chi connectivity index (χ2n) is 9.78. The van der Waals surface area contributed by atoms with Crippen LogP contribution in [0.25, 0.3) is 0 Å². The molecule has 1 aromatic carbocycles. The molecule has 0 spiro atoms. The first-order valence-corrected chi connectivity index (χ1v) is 13.6. The minimum Gasteiger partial charge on any atom is -0.489 e. The highest BCUT2D eigenvalue weighted by Crippen LogP contribution is 2.35. The van der Waals surface area contributed by atoms with Gasteiger partial charge in [-0.1, -0.05) is 0 Å². The number of carbonyl (C=O) groups excluding carboxylic acids is 3. The van der Waals surface area contributed by atoms with Crippen molar-refractivity contribution in [3.05, 3.63) is 41.5 Å². The van der Waals surface area contributed by atoms with E-state index in [1.807, 2.05) is 0 Å². The van der Waals surface area contributed by atoms with Crippen LogP contribution in [-0.4, -0.2) is 73.6 Å². The molecule has 2 aliphatic heterocycles. The third kappa shape index (κ3) is 6.78.